The number of hydrogen-bond acceptors (Lipinski definition) is 6. The number of para-hydroxylation sites is 1. The number of nitrogens with zero attached hydrogens (tertiary/aromatic N) is 1. The highest BCUT2D eigenvalue weighted by atomic mass is 16.5. The fourth-order valence-electron chi connectivity index (χ4n) is 3.17. The van der Waals surface area contributed by atoms with E-state index in [2.05, 4.69) is 15.6 Å². The van der Waals surface area contributed by atoms with Crippen molar-refractivity contribution in [1.82, 2.24) is 15.6 Å². The monoisotopic (exact) mass is 450 g/mol. The Hall–Kier alpha value is -3.98. The molecule has 3 amide bonds. The quantitative estimate of drug-likeness (QED) is 0.368. The van der Waals surface area contributed by atoms with Crippen molar-refractivity contribution in [2.45, 2.75) is 31.6 Å². The highest BCUT2D eigenvalue weighted by Gasteiger charge is 2.21. The van der Waals surface area contributed by atoms with Crippen LogP contribution in [0.3, 0.4) is 0 Å². The molecule has 0 aliphatic carbocycles. The molecule has 0 spiro atoms. The normalized spacial score (nSPS) is 12.5. The molecule has 2 aromatic carbocycles. The van der Waals surface area contributed by atoms with E-state index in [1.165, 1.54) is 0 Å². The van der Waals surface area contributed by atoms with Crippen LogP contribution < -0.4 is 16.4 Å². The van der Waals surface area contributed by atoms with E-state index in [0.29, 0.717) is 5.69 Å². The number of hydrogen-bond donors (Lipinski definition) is 4. The number of alkyl carbamates (subject to hydrolysis) is 1. The number of nitrogens with one attached hydrogen (secondary N) is 2. The molecule has 1 aromatic heterocycles. The average Bonchev–Trinajstić information content (AvgIpc) is 2.81. The van der Waals surface area contributed by atoms with Crippen molar-refractivity contribution in [3.8, 4) is 0 Å². The Balaban J connectivity index is 1.44. The number of benzene rings is 2. The number of aliphatic hydroxyl groups is 1. The molecule has 9 nitrogen and oxygen atoms in total. The van der Waals surface area contributed by atoms with Crippen LogP contribution in [0.2, 0.25) is 0 Å². The summed E-state index contributed by atoms with van der Waals surface area (Å²) in [4.78, 5) is 40.4. The van der Waals surface area contributed by atoms with Crippen LogP contribution in [-0.4, -0.2) is 46.7 Å². The van der Waals surface area contributed by atoms with Gasteiger partial charge in [0, 0.05) is 24.0 Å². The third-order valence-corrected chi connectivity index (χ3v) is 4.86. The number of amides is 3. The molecular weight excluding hydrogens is 424 g/mol. The number of fused-ring (bicyclic) bond motifs is 1. The first-order valence-corrected chi connectivity index (χ1v) is 10.5. The second-order valence-electron chi connectivity index (χ2n) is 7.52. The highest BCUT2D eigenvalue weighted by Crippen LogP contribution is 2.13. The first-order chi connectivity index (χ1) is 15.9. The van der Waals surface area contributed by atoms with Gasteiger partial charge < -0.3 is 26.2 Å². The maximum atomic E-state index is 12.3. The van der Waals surface area contributed by atoms with Gasteiger partial charge in [-0.15, -0.1) is 0 Å². The van der Waals surface area contributed by atoms with Crippen molar-refractivity contribution in [2.24, 2.45) is 5.73 Å². The van der Waals surface area contributed by atoms with Gasteiger partial charge in [-0.3, -0.25) is 14.6 Å². The Morgan fingerprint density at radius 3 is 2.48 bits per heavy atom. The number of nitrogens with two attached hydrogens (primary N) is 1. The summed E-state index contributed by atoms with van der Waals surface area (Å²) >= 11 is 0. The molecule has 2 atom stereocenters. The predicted octanol–water partition coefficient (Wildman–Crippen LogP) is 1.42. The van der Waals surface area contributed by atoms with E-state index in [-0.39, 0.29) is 26.0 Å². The molecule has 33 heavy (non-hydrogen) atoms. The first-order valence-electron chi connectivity index (χ1n) is 10.5. The van der Waals surface area contributed by atoms with E-state index in [1.807, 2.05) is 60.7 Å². The molecule has 0 bridgehead atoms. The van der Waals surface area contributed by atoms with Crippen LogP contribution in [0.25, 0.3) is 10.9 Å². The van der Waals surface area contributed by atoms with E-state index in [1.54, 1.807) is 6.07 Å². The Kier molecular flexibility index (Phi) is 8.31. The molecule has 3 aromatic rings. The molecule has 3 rings (SSSR count). The molecule has 0 aliphatic rings. The molecule has 0 saturated carbocycles. The van der Waals surface area contributed by atoms with Gasteiger partial charge in [0.25, 0.3) is 0 Å². The topological polar surface area (TPSA) is 144 Å². The summed E-state index contributed by atoms with van der Waals surface area (Å²) in [6.07, 6.45) is -2.09. The van der Waals surface area contributed by atoms with Crippen LogP contribution in [0.5, 0.6) is 0 Å². The number of rotatable bonds is 10. The van der Waals surface area contributed by atoms with Crippen molar-refractivity contribution in [2.75, 3.05) is 6.54 Å². The molecule has 0 fully saturated rings. The second-order valence-corrected chi connectivity index (χ2v) is 7.52. The molecule has 172 valence electrons. The lowest BCUT2D eigenvalue weighted by atomic mass is 10.1. The minimum absolute atomic E-state index is 0.0896. The maximum Gasteiger partial charge on any atom is 0.407 e. The van der Waals surface area contributed by atoms with E-state index in [9.17, 15) is 19.5 Å². The molecule has 0 saturated heterocycles. The van der Waals surface area contributed by atoms with Crippen molar-refractivity contribution in [3.05, 3.63) is 78.0 Å². The van der Waals surface area contributed by atoms with E-state index in [4.69, 9.17) is 10.5 Å². The third-order valence-electron chi connectivity index (χ3n) is 4.86. The van der Waals surface area contributed by atoms with Gasteiger partial charge >= 0.3 is 6.09 Å². The van der Waals surface area contributed by atoms with Gasteiger partial charge in [0.15, 0.2) is 0 Å². The molecule has 0 unspecified atom stereocenters. The summed E-state index contributed by atoms with van der Waals surface area (Å²) in [6, 6.07) is 19.3. The molecule has 0 radical (unpaired) electrons. The SMILES string of the molecule is NC(=O)[C@H](Cc1ccc2ccccc2n1)NC(=O)C[C@@H](O)CNC(=O)OCc1ccccc1. The van der Waals surface area contributed by atoms with Crippen LogP contribution in [0, 0.1) is 0 Å². The number of carbonyl (C=O) groups excluding carboxylic acids is 3. The number of aliphatic hydroxyl groups excluding tert-OH is 1. The van der Waals surface area contributed by atoms with Gasteiger partial charge in [0.05, 0.1) is 18.0 Å². The van der Waals surface area contributed by atoms with Crippen LogP contribution in [0.15, 0.2) is 66.7 Å². The van der Waals surface area contributed by atoms with E-state index < -0.39 is 30.1 Å². The van der Waals surface area contributed by atoms with Gasteiger partial charge in [-0.1, -0.05) is 54.6 Å². The fraction of sp³-hybridized carbons (Fsp3) is 0.250. The van der Waals surface area contributed by atoms with Gasteiger partial charge in [-0.25, -0.2) is 4.79 Å². The Bertz CT molecular complexity index is 1110. The lowest BCUT2D eigenvalue weighted by Gasteiger charge is -2.17. The molecular formula is C24H26N4O5. The average molecular weight is 450 g/mol. The number of aromatic nitrogens is 1. The van der Waals surface area contributed by atoms with Crippen LogP contribution >= 0.6 is 0 Å². The summed E-state index contributed by atoms with van der Waals surface area (Å²) in [5.41, 5.74) is 7.63. The number of pyridine rings is 1. The Labute approximate surface area is 191 Å². The van der Waals surface area contributed by atoms with Crippen molar-refractivity contribution in [3.63, 3.8) is 0 Å². The van der Waals surface area contributed by atoms with Gasteiger partial charge in [-0.2, -0.15) is 0 Å². The number of ether oxygens (including phenoxy) is 1. The smallest absolute Gasteiger partial charge is 0.407 e. The Morgan fingerprint density at radius 1 is 1.00 bits per heavy atom. The van der Waals surface area contributed by atoms with Crippen molar-refractivity contribution >= 4 is 28.8 Å². The second kappa shape index (κ2) is 11.6. The van der Waals surface area contributed by atoms with E-state index in [0.717, 1.165) is 16.5 Å². The zero-order chi connectivity index (χ0) is 23.6. The van der Waals surface area contributed by atoms with Crippen LogP contribution in [0.4, 0.5) is 4.79 Å². The number of carbonyl (C=O) groups is 3. The van der Waals surface area contributed by atoms with Crippen LogP contribution in [0.1, 0.15) is 17.7 Å². The number of primary amides is 1. The van der Waals surface area contributed by atoms with Gasteiger partial charge in [-0.05, 0) is 17.7 Å². The third kappa shape index (κ3) is 7.58. The molecule has 9 heteroatoms. The van der Waals surface area contributed by atoms with E-state index >= 15 is 0 Å². The first kappa shape index (κ1) is 23.7. The largest absolute Gasteiger partial charge is 0.445 e. The minimum Gasteiger partial charge on any atom is -0.445 e. The Morgan fingerprint density at radius 2 is 1.73 bits per heavy atom. The lowest BCUT2D eigenvalue weighted by molar-refractivity contribution is -0.128. The standard InChI is InChI=1S/C24H26N4O5/c25-23(31)21(12-18-11-10-17-8-4-5-9-20(17)27-18)28-22(30)13-19(29)14-26-24(32)33-15-16-6-2-1-3-7-16/h1-11,19,21,29H,12-15H2,(H2,25,31)(H,26,32)(H,28,30)/t19-,21+/m1/s1. The molecule has 5 N–H and O–H groups in total. The lowest BCUT2D eigenvalue weighted by Crippen LogP contribution is -2.47. The van der Waals surface area contributed by atoms with Crippen molar-refractivity contribution in [1.29, 1.82) is 0 Å². The van der Waals surface area contributed by atoms with Gasteiger partial charge in [0.1, 0.15) is 12.6 Å². The zero-order valence-corrected chi connectivity index (χ0v) is 17.9. The molecule has 1 heterocycles. The highest BCUT2D eigenvalue weighted by molar-refractivity contribution is 5.87. The summed E-state index contributed by atoms with van der Waals surface area (Å²) in [5.74, 6) is -1.29. The summed E-state index contributed by atoms with van der Waals surface area (Å²) in [6.45, 7) is -0.0964. The van der Waals surface area contributed by atoms with Crippen LogP contribution in [-0.2, 0) is 27.4 Å². The summed E-state index contributed by atoms with van der Waals surface area (Å²) in [7, 11) is 0. The predicted molar refractivity (Wildman–Crippen MR) is 122 cm³/mol. The van der Waals surface area contributed by atoms with Gasteiger partial charge in [0.2, 0.25) is 11.8 Å². The zero-order valence-electron chi connectivity index (χ0n) is 17.9. The molecule has 0 aliphatic heterocycles. The fourth-order valence-corrected chi connectivity index (χ4v) is 3.17. The maximum absolute atomic E-state index is 12.3. The summed E-state index contributed by atoms with van der Waals surface area (Å²) < 4.78 is 5.05. The minimum atomic E-state index is -1.17. The van der Waals surface area contributed by atoms with Crippen molar-refractivity contribution < 1.29 is 24.2 Å². The summed E-state index contributed by atoms with van der Waals surface area (Å²) in [5, 5.41) is 15.9.